The predicted molar refractivity (Wildman–Crippen MR) is 112 cm³/mol. The van der Waals surface area contributed by atoms with Crippen LogP contribution in [0.1, 0.15) is 49.7 Å². The van der Waals surface area contributed by atoms with Crippen molar-refractivity contribution in [3.8, 4) is 0 Å². The molecule has 0 heterocycles. The standard InChI is InChI=1S/C25H31NO2/c27-25(22-11-12-22)19-28-24-15-13-23(14-16-24)26(17-20-7-3-1-4-8-20)18-21-9-5-2-6-10-21/h1-10,22-24H,11-19H2/t23-,24-. The minimum Gasteiger partial charge on any atom is -0.370 e. The molecule has 3 heteroatoms. The van der Waals surface area contributed by atoms with Crippen LogP contribution in [0, 0.1) is 5.92 Å². The van der Waals surface area contributed by atoms with Gasteiger partial charge >= 0.3 is 0 Å². The molecule has 2 saturated carbocycles. The lowest BCUT2D eigenvalue weighted by Gasteiger charge is -2.37. The molecule has 3 nitrogen and oxygen atoms in total. The minimum atomic E-state index is 0.259. The van der Waals surface area contributed by atoms with E-state index in [1.807, 2.05) is 0 Å². The Kier molecular flexibility index (Phi) is 6.56. The SMILES string of the molecule is O=C(CO[C@H]1CC[C@H](N(Cc2ccccc2)Cc2ccccc2)CC1)C1CC1. The Morgan fingerprint density at radius 1 is 0.786 bits per heavy atom. The van der Waals surface area contributed by atoms with Crippen LogP contribution in [0.25, 0.3) is 0 Å². The molecule has 28 heavy (non-hydrogen) atoms. The summed E-state index contributed by atoms with van der Waals surface area (Å²) >= 11 is 0. The van der Waals surface area contributed by atoms with Gasteiger partial charge in [0.05, 0.1) is 6.10 Å². The zero-order valence-corrected chi connectivity index (χ0v) is 16.6. The average molecular weight is 378 g/mol. The highest BCUT2D eigenvalue weighted by Crippen LogP contribution is 2.31. The number of hydrogen-bond acceptors (Lipinski definition) is 3. The summed E-state index contributed by atoms with van der Waals surface area (Å²) in [5.74, 6) is 0.625. The average Bonchev–Trinajstić information content (AvgIpc) is 3.59. The zero-order valence-electron chi connectivity index (χ0n) is 16.6. The van der Waals surface area contributed by atoms with E-state index in [1.54, 1.807) is 0 Å². The third kappa shape index (κ3) is 5.52. The van der Waals surface area contributed by atoms with Crippen molar-refractivity contribution >= 4 is 5.78 Å². The Morgan fingerprint density at radius 3 is 1.82 bits per heavy atom. The van der Waals surface area contributed by atoms with Crippen molar-refractivity contribution in [2.24, 2.45) is 5.92 Å². The van der Waals surface area contributed by atoms with Crippen molar-refractivity contribution in [3.05, 3.63) is 71.8 Å². The Bertz CT molecular complexity index is 692. The third-order valence-corrected chi connectivity index (χ3v) is 6.11. The van der Waals surface area contributed by atoms with Crippen LogP contribution < -0.4 is 0 Å². The molecule has 0 spiro atoms. The van der Waals surface area contributed by atoms with Crippen LogP contribution in [-0.2, 0) is 22.6 Å². The molecule has 0 bridgehead atoms. The first-order valence-electron chi connectivity index (χ1n) is 10.7. The zero-order chi connectivity index (χ0) is 19.2. The normalized spacial score (nSPS) is 22.3. The molecular weight excluding hydrogens is 346 g/mol. The molecule has 2 aromatic rings. The Balaban J connectivity index is 1.34. The molecule has 0 amide bonds. The summed E-state index contributed by atoms with van der Waals surface area (Å²) in [6.45, 7) is 2.29. The number of carbonyl (C=O) groups is 1. The molecule has 0 unspecified atom stereocenters. The van der Waals surface area contributed by atoms with E-state index in [-0.39, 0.29) is 6.10 Å². The summed E-state index contributed by atoms with van der Waals surface area (Å²) in [6.07, 6.45) is 6.80. The predicted octanol–water partition coefficient (Wildman–Crippen LogP) is 5.00. The second-order valence-corrected chi connectivity index (χ2v) is 8.36. The Labute approximate surface area is 168 Å². The van der Waals surface area contributed by atoms with E-state index in [0.717, 1.165) is 51.6 Å². The first-order valence-corrected chi connectivity index (χ1v) is 10.7. The summed E-state index contributed by atoms with van der Waals surface area (Å²) in [6, 6.07) is 22.1. The van der Waals surface area contributed by atoms with Crippen LogP contribution in [-0.4, -0.2) is 29.4 Å². The van der Waals surface area contributed by atoms with Gasteiger partial charge in [0, 0.05) is 25.0 Å². The summed E-state index contributed by atoms with van der Waals surface area (Å²) in [7, 11) is 0. The van der Waals surface area contributed by atoms with Crippen LogP contribution in [0.15, 0.2) is 60.7 Å². The summed E-state index contributed by atoms with van der Waals surface area (Å²) in [4.78, 5) is 14.5. The molecule has 0 radical (unpaired) electrons. The summed E-state index contributed by atoms with van der Waals surface area (Å²) in [5.41, 5.74) is 2.73. The molecule has 0 saturated heterocycles. The van der Waals surface area contributed by atoms with Crippen molar-refractivity contribution < 1.29 is 9.53 Å². The maximum atomic E-state index is 11.9. The molecule has 2 aliphatic carbocycles. The lowest BCUT2D eigenvalue weighted by molar-refractivity contribution is -0.127. The van der Waals surface area contributed by atoms with Gasteiger partial charge in [0.2, 0.25) is 0 Å². The second-order valence-electron chi connectivity index (χ2n) is 8.36. The van der Waals surface area contributed by atoms with Crippen LogP contribution in [0.5, 0.6) is 0 Å². The Hall–Kier alpha value is -1.97. The van der Waals surface area contributed by atoms with Crippen LogP contribution in [0.3, 0.4) is 0 Å². The monoisotopic (exact) mass is 377 g/mol. The highest BCUT2D eigenvalue weighted by Gasteiger charge is 2.31. The van der Waals surface area contributed by atoms with E-state index in [2.05, 4.69) is 65.6 Å². The quantitative estimate of drug-likeness (QED) is 0.616. The number of ketones is 1. The summed E-state index contributed by atoms with van der Waals surface area (Å²) in [5, 5.41) is 0. The van der Waals surface area contributed by atoms with Crippen molar-refractivity contribution in [2.75, 3.05) is 6.61 Å². The highest BCUT2D eigenvalue weighted by molar-refractivity contribution is 5.84. The first kappa shape index (κ1) is 19.4. The van der Waals surface area contributed by atoms with Gasteiger partial charge in [-0.1, -0.05) is 60.7 Å². The molecule has 4 rings (SSSR count). The first-order chi connectivity index (χ1) is 13.8. The molecule has 2 fully saturated rings. The number of hydrogen-bond donors (Lipinski definition) is 0. The summed E-state index contributed by atoms with van der Waals surface area (Å²) < 4.78 is 5.94. The van der Waals surface area contributed by atoms with Gasteiger partial charge in [-0.3, -0.25) is 9.69 Å². The van der Waals surface area contributed by atoms with Gasteiger partial charge in [-0.15, -0.1) is 0 Å². The largest absolute Gasteiger partial charge is 0.370 e. The molecule has 148 valence electrons. The molecule has 0 aliphatic heterocycles. The van der Waals surface area contributed by atoms with Gasteiger partial charge in [0.15, 0.2) is 5.78 Å². The van der Waals surface area contributed by atoms with Gasteiger partial charge in [-0.05, 0) is 49.7 Å². The van der Waals surface area contributed by atoms with E-state index in [4.69, 9.17) is 4.74 Å². The second kappa shape index (κ2) is 9.49. The fourth-order valence-electron chi connectivity index (χ4n) is 4.25. The van der Waals surface area contributed by atoms with Crippen LogP contribution in [0.2, 0.25) is 0 Å². The number of Topliss-reactive ketones (excluding diaryl/α,β-unsaturated/α-hetero) is 1. The number of carbonyl (C=O) groups excluding carboxylic acids is 1. The molecule has 2 aromatic carbocycles. The number of rotatable bonds is 9. The van der Waals surface area contributed by atoms with Gasteiger partial charge in [0.25, 0.3) is 0 Å². The van der Waals surface area contributed by atoms with Crippen molar-refractivity contribution in [2.45, 2.75) is 63.8 Å². The van der Waals surface area contributed by atoms with E-state index >= 15 is 0 Å². The smallest absolute Gasteiger partial charge is 0.161 e. The van der Waals surface area contributed by atoms with E-state index in [9.17, 15) is 4.79 Å². The Morgan fingerprint density at radius 2 is 1.32 bits per heavy atom. The molecule has 0 aromatic heterocycles. The molecule has 0 N–H and O–H groups in total. The van der Waals surface area contributed by atoms with Crippen LogP contribution in [0.4, 0.5) is 0 Å². The number of nitrogens with zero attached hydrogens (tertiary/aromatic N) is 1. The molecule has 2 aliphatic rings. The molecule has 0 atom stereocenters. The lowest BCUT2D eigenvalue weighted by Crippen LogP contribution is -2.39. The number of benzene rings is 2. The fourth-order valence-corrected chi connectivity index (χ4v) is 4.25. The topological polar surface area (TPSA) is 29.5 Å². The minimum absolute atomic E-state index is 0.259. The van der Waals surface area contributed by atoms with Gasteiger partial charge in [0.1, 0.15) is 6.61 Å². The highest BCUT2D eigenvalue weighted by atomic mass is 16.5. The van der Waals surface area contributed by atoms with E-state index in [0.29, 0.717) is 24.3 Å². The van der Waals surface area contributed by atoms with E-state index < -0.39 is 0 Å². The van der Waals surface area contributed by atoms with Crippen molar-refractivity contribution in [3.63, 3.8) is 0 Å². The van der Waals surface area contributed by atoms with Crippen LogP contribution >= 0.6 is 0 Å². The maximum Gasteiger partial charge on any atom is 0.161 e. The van der Waals surface area contributed by atoms with Gasteiger partial charge < -0.3 is 4.74 Å². The van der Waals surface area contributed by atoms with Crippen molar-refractivity contribution in [1.82, 2.24) is 4.90 Å². The molecular formula is C25H31NO2. The maximum absolute atomic E-state index is 11.9. The van der Waals surface area contributed by atoms with E-state index in [1.165, 1.54) is 11.1 Å². The fraction of sp³-hybridized carbons (Fsp3) is 0.480. The van der Waals surface area contributed by atoms with Gasteiger partial charge in [-0.2, -0.15) is 0 Å². The van der Waals surface area contributed by atoms with Gasteiger partial charge in [-0.25, -0.2) is 0 Å². The number of ether oxygens (including phenoxy) is 1. The van der Waals surface area contributed by atoms with Crippen molar-refractivity contribution in [1.29, 1.82) is 0 Å². The third-order valence-electron chi connectivity index (χ3n) is 6.11. The lowest BCUT2D eigenvalue weighted by atomic mass is 9.91.